The smallest absolute Gasteiger partial charge is 0.179 e. The zero-order chi connectivity index (χ0) is 10.3. The number of aromatic nitrogens is 5. The van der Waals surface area contributed by atoms with E-state index in [1.54, 1.807) is 24.8 Å². The van der Waals surface area contributed by atoms with E-state index in [-0.39, 0.29) is 0 Å². The van der Waals surface area contributed by atoms with E-state index < -0.39 is 0 Å². The number of aryl methyl sites for hydroxylation is 1. The molecule has 0 aliphatic heterocycles. The van der Waals surface area contributed by atoms with Crippen molar-refractivity contribution in [1.82, 2.24) is 24.7 Å². The average molecular weight is 201 g/mol. The molecule has 0 bridgehead atoms. The van der Waals surface area contributed by atoms with Gasteiger partial charge in [0.05, 0.1) is 18.0 Å². The lowest BCUT2D eigenvalue weighted by molar-refractivity contribution is 0.398. The fraction of sp³-hybridized carbons (Fsp3) is 0.111. The molecule has 3 aromatic rings. The van der Waals surface area contributed by atoms with Gasteiger partial charge in [-0.1, -0.05) is 5.16 Å². The van der Waals surface area contributed by atoms with Crippen LogP contribution >= 0.6 is 0 Å². The van der Waals surface area contributed by atoms with Gasteiger partial charge < -0.3 is 4.52 Å². The minimum atomic E-state index is 0.702. The molecular formula is C9H7N5O. The maximum absolute atomic E-state index is 4.99. The zero-order valence-corrected chi connectivity index (χ0v) is 7.95. The molecule has 6 nitrogen and oxygen atoms in total. The molecule has 0 unspecified atom stereocenters. The van der Waals surface area contributed by atoms with Gasteiger partial charge >= 0.3 is 0 Å². The number of nitrogens with zero attached hydrogens (tertiary/aromatic N) is 5. The highest BCUT2D eigenvalue weighted by atomic mass is 16.5. The van der Waals surface area contributed by atoms with Gasteiger partial charge in [0.2, 0.25) is 0 Å². The highest BCUT2D eigenvalue weighted by Crippen LogP contribution is 2.20. The third-order valence-corrected chi connectivity index (χ3v) is 2.21. The lowest BCUT2D eigenvalue weighted by atomic mass is 10.2. The molecule has 0 amide bonds. The predicted octanol–water partition coefficient (Wildman–Crippen LogP) is 1.09. The Morgan fingerprint density at radius 1 is 1.27 bits per heavy atom. The molecule has 0 atom stereocenters. The van der Waals surface area contributed by atoms with Crippen LogP contribution in [0.25, 0.3) is 17.0 Å². The quantitative estimate of drug-likeness (QED) is 0.589. The van der Waals surface area contributed by atoms with Crippen molar-refractivity contribution in [3.05, 3.63) is 30.5 Å². The lowest BCUT2D eigenvalue weighted by Crippen LogP contribution is -1.89. The summed E-state index contributed by atoms with van der Waals surface area (Å²) in [6, 6.07) is 0. The highest BCUT2D eigenvalue weighted by molar-refractivity contribution is 5.59. The third-order valence-electron chi connectivity index (χ3n) is 2.21. The molecular weight excluding hydrogens is 194 g/mol. The molecule has 0 spiro atoms. The van der Waals surface area contributed by atoms with Crippen LogP contribution in [0.1, 0.15) is 5.76 Å². The Kier molecular flexibility index (Phi) is 1.55. The van der Waals surface area contributed by atoms with Gasteiger partial charge in [-0.25, -0.2) is 0 Å². The van der Waals surface area contributed by atoms with Crippen molar-refractivity contribution in [3.63, 3.8) is 0 Å². The van der Waals surface area contributed by atoms with Crippen molar-refractivity contribution in [2.24, 2.45) is 0 Å². The second-order valence-corrected chi connectivity index (χ2v) is 3.12. The molecule has 3 heterocycles. The minimum Gasteiger partial charge on any atom is -0.361 e. The van der Waals surface area contributed by atoms with E-state index in [1.807, 2.05) is 11.3 Å². The summed E-state index contributed by atoms with van der Waals surface area (Å²) in [6.45, 7) is 1.84. The molecule has 3 aromatic heterocycles. The first-order valence-electron chi connectivity index (χ1n) is 4.42. The monoisotopic (exact) mass is 201 g/mol. The standard InChI is InChI=1S/C9H7N5O/c1-6-7(4-11-15-6)9-13-12-8-5-10-2-3-14(8)9/h2-5H,1H3. The van der Waals surface area contributed by atoms with Crippen molar-refractivity contribution in [2.75, 3.05) is 0 Å². The maximum atomic E-state index is 4.99. The van der Waals surface area contributed by atoms with E-state index in [4.69, 9.17) is 4.52 Å². The molecule has 0 radical (unpaired) electrons. The summed E-state index contributed by atoms with van der Waals surface area (Å²) < 4.78 is 6.83. The predicted molar refractivity (Wildman–Crippen MR) is 51.0 cm³/mol. The van der Waals surface area contributed by atoms with Gasteiger partial charge in [0.1, 0.15) is 5.76 Å². The summed E-state index contributed by atoms with van der Waals surface area (Å²) in [6.07, 6.45) is 6.77. The SMILES string of the molecule is Cc1oncc1-c1nnc2cnccn12. The topological polar surface area (TPSA) is 69.1 Å². The van der Waals surface area contributed by atoms with Crippen molar-refractivity contribution in [3.8, 4) is 11.4 Å². The Morgan fingerprint density at radius 2 is 2.20 bits per heavy atom. The van der Waals surface area contributed by atoms with Gasteiger partial charge in [0.15, 0.2) is 11.5 Å². The Hall–Kier alpha value is -2.24. The molecule has 3 rings (SSSR count). The summed E-state index contributed by atoms with van der Waals surface area (Å²) in [4.78, 5) is 3.97. The minimum absolute atomic E-state index is 0.702. The van der Waals surface area contributed by atoms with Gasteiger partial charge in [-0.2, -0.15) is 0 Å². The summed E-state index contributed by atoms with van der Waals surface area (Å²) in [5.74, 6) is 1.44. The fourth-order valence-electron chi connectivity index (χ4n) is 1.45. The summed E-state index contributed by atoms with van der Waals surface area (Å²) in [5, 5.41) is 11.8. The molecule has 0 fully saturated rings. The molecule has 0 aromatic carbocycles. The summed E-state index contributed by atoms with van der Waals surface area (Å²) >= 11 is 0. The largest absolute Gasteiger partial charge is 0.361 e. The summed E-state index contributed by atoms with van der Waals surface area (Å²) in [7, 11) is 0. The van der Waals surface area contributed by atoms with Crippen LogP contribution in [0.4, 0.5) is 0 Å². The van der Waals surface area contributed by atoms with E-state index >= 15 is 0 Å². The Balaban J connectivity index is 2.32. The van der Waals surface area contributed by atoms with Crippen LogP contribution in [0.15, 0.2) is 29.3 Å². The summed E-state index contributed by atoms with van der Waals surface area (Å²) in [5.41, 5.74) is 1.54. The number of rotatable bonds is 1. The first-order valence-corrected chi connectivity index (χ1v) is 4.42. The van der Waals surface area contributed by atoms with Crippen LogP contribution in [0.2, 0.25) is 0 Å². The van der Waals surface area contributed by atoms with Crippen molar-refractivity contribution < 1.29 is 4.52 Å². The molecule has 74 valence electrons. The van der Waals surface area contributed by atoms with Crippen LogP contribution < -0.4 is 0 Å². The van der Waals surface area contributed by atoms with Crippen LogP contribution in [0.3, 0.4) is 0 Å². The molecule has 0 aliphatic carbocycles. The van der Waals surface area contributed by atoms with E-state index in [0.29, 0.717) is 11.5 Å². The van der Waals surface area contributed by atoms with Crippen LogP contribution in [0, 0.1) is 6.92 Å². The van der Waals surface area contributed by atoms with E-state index in [1.165, 1.54) is 0 Å². The van der Waals surface area contributed by atoms with E-state index in [2.05, 4.69) is 20.3 Å². The van der Waals surface area contributed by atoms with Gasteiger partial charge in [-0.05, 0) is 6.92 Å². The first kappa shape index (κ1) is 8.10. The van der Waals surface area contributed by atoms with Crippen molar-refractivity contribution in [2.45, 2.75) is 6.92 Å². The maximum Gasteiger partial charge on any atom is 0.179 e. The fourth-order valence-corrected chi connectivity index (χ4v) is 1.45. The molecule has 0 N–H and O–H groups in total. The molecule has 15 heavy (non-hydrogen) atoms. The van der Waals surface area contributed by atoms with Crippen molar-refractivity contribution in [1.29, 1.82) is 0 Å². The van der Waals surface area contributed by atoms with Gasteiger partial charge in [0, 0.05) is 12.4 Å². The second kappa shape index (κ2) is 2.88. The van der Waals surface area contributed by atoms with Crippen LogP contribution in [-0.4, -0.2) is 24.7 Å². The van der Waals surface area contributed by atoms with E-state index in [9.17, 15) is 0 Å². The third kappa shape index (κ3) is 1.11. The number of hydrogen-bond acceptors (Lipinski definition) is 5. The Morgan fingerprint density at radius 3 is 3.00 bits per heavy atom. The Labute approximate surface area is 84.6 Å². The molecule has 6 heteroatoms. The highest BCUT2D eigenvalue weighted by Gasteiger charge is 2.12. The zero-order valence-electron chi connectivity index (χ0n) is 7.95. The normalized spacial score (nSPS) is 11.0. The first-order chi connectivity index (χ1) is 7.36. The van der Waals surface area contributed by atoms with Crippen LogP contribution in [0.5, 0.6) is 0 Å². The second-order valence-electron chi connectivity index (χ2n) is 3.12. The molecule has 0 saturated carbocycles. The lowest BCUT2D eigenvalue weighted by Gasteiger charge is -1.95. The van der Waals surface area contributed by atoms with Gasteiger partial charge in [0.25, 0.3) is 0 Å². The van der Waals surface area contributed by atoms with Gasteiger partial charge in [-0.15, -0.1) is 10.2 Å². The van der Waals surface area contributed by atoms with Crippen LogP contribution in [-0.2, 0) is 0 Å². The Bertz CT molecular complexity index is 612. The molecule has 0 saturated heterocycles. The average Bonchev–Trinajstić information content (AvgIpc) is 2.83. The number of fused-ring (bicyclic) bond motifs is 1. The van der Waals surface area contributed by atoms with Gasteiger partial charge in [-0.3, -0.25) is 9.38 Å². The molecule has 0 aliphatic rings. The number of hydrogen-bond donors (Lipinski definition) is 0. The van der Waals surface area contributed by atoms with Crippen molar-refractivity contribution >= 4 is 5.65 Å². The van der Waals surface area contributed by atoms with E-state index in [0.717, 1.165) is 11.3 Å².